The maximum Gasteiger partial charge on any atom is 0.175 e. The first-order valence-corrected chi connectivity index (χ1v) is 7.73. The number of pyridine rings is 1. The summed E-state index contributed by atoms with van der Waals surface area (Å²) in [6.07, 6.45) is 2.75. The number of sulfone groups is 1. The van der Waals surface area contributed by atoms with Crippen molar-refractivity contribution in [1.29, 1.82) is 0 Å². The van der Waals surface area contributed by atoms with Crippen molar-refractivity contribution in [1.82, 2.24) is 4.98 Å². The second-order valence-corrected chi connectivity index (χ2v) is 6.49. The molecule has 0 saturated heterocycles. The molecule has 0 aliphatic heterocycles. The van der Waals surface area contributed by atoms with E-state index in [4.69, 9.17) is 4.74 Å². The number of rotatable bonds is 3. The van der Waals surface area contributed by atoms with Gasteiger partial charge < -0.3 is 4.74 Å². The van der Waals surface area contributed by atoms with Gasteiger partial charge in [0.1, 0.15) is 16.1 Å². The Labute approximate surface area is 114 Å². The second kappa shape index (κ2) is 5.07. The van der Waals surface area contributed by atoms with Crippen LogP contribution in [-0.2, 0) is 9.84 Å². The van der Waals surface area contributed by atoms with Gasteiger partial charge in [-0.1, -0.05) is 0 Å². The molecule has 6 heteroatoms. The maximum absolute atomic E-state index is 11.3. The van der Waals surface area contributed by atoms with E-state index in [0.29, 0.717) is 11.5 Å². The molecular formula is C12H10BrNO3S. The molecular weight excluding hydrogens is 318 g/mol. The Morgan fingerprint density at radius 1 is 1.06 bits per heavy atom. The molecule has 2 rings (SSSR count). The van der Waals surface area contributed by atoms with Crippen LogP contribution < -0.4 is 4.74 Å². The summed E-state index contributed by atoms with van der Waals surface area (Å²) in [6.45, 7) is 0. The third kappa shape index (κ3) is 3.30. The lowest BCUT2D eigenvalue weighted by molar-refractivity contribution is 0.479. The molecule has 94 valence electrons. The van der Waals surface area contributed by atoms with Gasteiger partial charge >= 0.3 is 0 Å². The largest absolute Gasteiger partial charge is 0.456 e. The molecule has 1 aromatic heterocycles. The number of halogens is 1. The molecule has 0 atom stereocenters. The minimum Gasteiger partial charge on any atom is -0.456 e. The summed E-state index contributed by atoms with van der Waals surface area (Å²) in [4.78, 5) is 4.30. The minimum absolute atomic E-state index is 0.267. The van der Waals surface area contributed by atoms with Crippen LogP contribution in [0.1, 0.15) is 0 Å². The van der Waals surface area contributed by atoms with Crippen molar-refractivity contribution in [2.24, 2.45) is 0 Å². The van der Waals surface area contributed by atoms with Crippen molar-refractivity contribution in [3.63, 3.8) is 0 Å². The lowest BCUT2D eigenvalue weighted by Gasteiger charge is -2.05. The Kier molecular flexibility index (Phi) is 3.68. The summed E-state index contributed by atoms with van der Waals surface area (Å²) in [5, 5.41) is 0. The molecule has 1 aromatic carbocycles. The average Bonchev–Trinajstić information content (AvgIpc) is 2.32. The molecule has 0 aliphatic rings. The normalized spacial score (nSPS) is 11.2. The first-order valence-electron chi connectivity index (χ1n) is 5.05. The molecule has 0 radical (unpaired) electrons. The zero-order valence-corrected chi connectivity index (χ0v) is 11.9. The van der Waals surface area contributed by atoms with Gasteiger partial charge in [0.05, 0.1) is 11.1 Å². The molecule has 0 bridgehead atoms. The number of nitrogens with zero attached hydrogens (tertiary/aromatic N) is 1. The van der Waals surface area contributed by atoms with Crippen LogP contribution in [0.5, 0.6) is 11.5 Å². The van der Waals surface area contributed by atoms with Gasteiger partial charge in [-0.3, -0.25) is 0 Å². The van der Waals surface area contributed by atoms with Crippen LogP contribution in [-0.4, -0.2) is 19.7 Å². The van der Waals surface area contributed by atoms with Crippen LogP contribution in [0.15, 0.2) is 52.1 Å². The highest BCUT2D eigenvalue weighted by Crippen LogP contribution is 2.23. The first-order chi connectivity index (χ1) is 8.45. The van der Waals surface area contributed by atoms with Gasteiger partial charge in [0.15, 0.2) is 9.84 Å². The lowest BCUT2D eigenvalue weighted by Crippen LogP contribution is -1.96. The Bertz CT molecular complexity index is 636. The molecule has 0 saturated carbocycles. The Hall–Kier alpha value is -1.40. The zero-order chi connectivity index (χ0) is 13.2. The van der Waals surface area contributed by atoms with Gasteiger partial charge in [-0.25, -0.2) is 13.4 Å². The number of hydrogen-bond acceptors (Lipinski definition) is 4. The highest BCUT2D eigenvalue weighted by molar-refractivity contribution is 9.10. The van der Waals surface area contributed by atoms with E-state index >= 15 is 0 Å². The van der Waals surface area contributed by atoms with E-state index in [0.717, 1.165) is 4.60 Å². The summed E-state index contributed by atoms with van der Waals surface area (Å²) >= 11 is 3.23. The second-order valence-electron chi connectivity index (χ2n) is 3.66. The Balaban J connectivity index is 2.18. The quantitative estimate of drug-likeness (QED) is 0.813. The zero-order valence-electron chi connectivity index (χ0n) is 9.50. The van der Waals surface area contributed by atoms with Gasteiger partial charge in [-0.15, -0.1) is 0 Å². The van der Waals surface area contributed by atoms with E-state index in [1.54, 1.807) is 30.5 Å². The van der Waals surface area contributed by atoms with E-state index in [1.165, 1.54) is 18.4 Å². The fourth-order valence-corrected chi connectivity index (χ4v) is 2.18. The third-order valence-corrected chi connectivity index (χ3v) is 3.79. The molecule has 0 N–H and O–H groups in total. The van der Waals surface area contributed by atoms with Crippen LogP contribution in [0.25, 0.3) is 0 Å². The van der Waals surface area contributed by atoms with Crippen LogP contribution in [0.4, 0.5) is 0 Å². The molecule has 0 amide bonds. The van der Waals surface area contributed by atoms with Crippen molar-refractivity contribution in [2.75, 3.05) is 6.26 Å². The average molecular weight is 328 g/mol. The lowest BCUT2D eigenvalue weighted by atomic mass is 10.3. The predicted molar refractivity (Wildman–Crippen MR) is 71.6 cm³/mol. The van der Waals surface area contributed by atoms with E-state index in [1.807, 2.05) is 0 Å². The highest BCUT2D eigenvalue weighted by Gasteiger charge is 2.06. The standard InChI is InChI=1S/C12H10BrNO3S/c1-18(15,16)11-5-2-9(3-6-11)17-10-4-7-12(13)14-8-10/h2-8H,1H3. The van der Waals surface area contributed by atoms with Gasteiger partial charge in [-0.05, 0) is 52.3 Å². The molecule has 0 unspecified atom stereocenters. The monoisotopic (exact) mass is 327 g/mol. The smallest absolute Gasteiger partial charge is 0.175 e. The van der Waals surface area contributed by atoms with Crippen LogP contribution in [0.2, 0.25) is 0 Å². The number of hydrogen-bond donors (Lipinski definition) is 0. The number of benzene rings is 1. The van der Waals surface area contributed by atoms with E-state index in [2.05, 4.69) is 20.9 Å². The molecule has 0 spiro atoms. The Morgan fingerprint density at radius 3 is 2.17 bits per heavy atom. The van der Waals surface area contributed by atoms with Gasteiger partial charge in [-0.2, -0.15) is 0 Å². The molecule has 4 nitrogen and oxygen atoms in total. The summed E-state index contributed by atoms with van der Waals surface area (Å²) in [6, 6.07) is 9.77. The fourth-order valence-electron chi connectivity index (χ4n) is 1.31. The van der Waals surface area contributed by atoms with Crippen molar-refractivity contribution < 1.29 is 13.2 Å². The minimum atomic E-state index is -3.17. The van der Waals surface area contributed by atoms with Gasteiger partial charge in [0.2, 0.25) is 0 Å². The first kappa shape index (κ1) is 13.0. The van der Waals surface area contributed by atoms with Crippen molar-refractivity contribution in [3.8, 4) is 11.5 Å². The van der Waals surface area contributed by atoms with Crippen molar-refractivity contribution in [2.45, 2.75) is 4.90 Å². The third-order valence-electron chi connectivity index (χ3n) is 2.19. The molecule has 1 heterocycles. The molecule has 0 aliphatic carbocycles. The number of ether oxygens (including phenoxy) is 1. The fraction of sp³-hybridized carbons (Fsp3) is 0.0833. The van der Waals surface area contributed by atoms with Gasteiger partial charge in [0.25, 0.3) is 0 Å². The molecule has 2 aromatic rings. The maximum atomic E-state index is 11.3. The van der Waals surface area contributed by atoms with E-state index in [9.17, 15) is 8.42 Å². The molecule has 0 fully saturated rings. The number of aromatic nitrogens is 1. The van der Waals surface area contributed by atoms with Crippen molar-refractivity contribution >= 4 is 25.8 Å². The van der Waals surface area contributed by atoms with E-state index in [-0.39, 0.29) is 4.90 Å². The summed E-state index contributed by atoms with van der Waals surface area (Å²) < 4.78 is 28.8. The van der Waals surface area contributed by atoms with Gasteiger partial charge in [0, 0.05) is 6.26 Å². The SMILES string of the molecule is CS(=O)(=O)c1ccc(Oc2ccc(Br)nc2)cc1. The van der Waals surface area contributed by atoms with E-state index < -0.39 is 9.84 Å². The predicted octanol–water partition coefficient (Wildman–Crippen LogP) is 3.04. The van der Waals surface area contributed by atoms with Crippen LogP contribution in [0.3, 0.4) is 0 Å². The Morgan fingerprint density at radius 2 is 1.67 bits per heavy atom. The molecule has 18 heavy (non-hydrogen) atoms. The van der Waals surface area contributed by atoms with Crippen LogP contribution in [0, 0.1) is 0 Å². The summed E-state index contributed by atoms with van der Waals surface area (Å²) in [5.41, 5.74) is 0. The summed E-state index contributed by atoms with van der Waals surface area (Å²) in [5.74, 6) is 1.15. The van der Waals surface area contributed by atoms with Crippen LogP contribution >= 0.6 is 15.9 Å². The highest BCUT2D eigenvalue weighted by atomic mass is 79.9. The van der Waals surface area contributed by atoms with Crippen molar-refractivity contribution in [3.05, 3.63) is 47.2 Å². The topological polar surface area (TPSA) is 56.3 Å². The summed E-state index contributed by atoms with van der Waals surface area (Å²) in [7, 11) is -3.17.